The first-order valence-electron chi connectivity index (χ1n) is 11.4. The summed E-state index contributed by atoms with van der Waals surface area (Å²) in [4.78, 5) is 16.9. The summed E-state index contributed by atoms with van der Waals surface area (Å²) in [6.45, 7) is 7.77. The van der Waals surface area contributed by atoms with Crippen molar-refractivity contribution in [2.24, 2.45) is 5.92 Å². The number of hydrogen-bond donors (Lipinski definition) is 1. The van der Waals surface area contributed by atoms with E-state index in [1.54, 1.807) is 0 Å². The number of anilines is 1. The molecule has 1 amide bonds. The number of benzene rings is 1. The Labute approximate surface area is 181 Å². The number of carbonyl (C=O) groups is 1. The number of nitrogens with zero attached hydrogens (tertiary/aromatic N) is 2. The van der Waals surface area contributed by atoms with Crippen LogP contribution < -0.4 is 10.2 Å². The molecule has 1 N–H and O–H groups in total. The first-order chi connectivity index (χ1) is 14.3. The van der Waals surface area contributed by atoms with Gasteiger partial charge in [0.25, 0.3) is 0 Å². The lowest BCUT2D eigenvalue weighted by molar-refractivity contribution is -0.119. The predicted molar refractivity (Wildman–Crippen MR) is 123 cm³/mol. The SMILES string of the molecule is CCc1cccc(N2CCN(CC[C@H]3CC[C@H](NC(=O)CS(C)(=O)=O)CC3)CC2)c1. The minimum Gasteiger partial charge on any atom is -0.369 e. The summed E-state index contributed by atoms with van der Waals surface area (Å²) in [7, 11) is -3.25. The molecule has 2 fully saturated rings. The van der Waals surface area contributed by atoms with E-state index in [2.05, 4.69) is 46.3 Å². The largest absolute Gasteiger partial charge is 0.369 e. The lowest BCUT2D eigenvalue weighted by Crippen LogP contribution is -2.47. The van der Waals surface area contributed by atoms with Gasteiger partial charge < -0.3 is 10.2 Å². The van der Waals surface area contributed by atoms with Gasteiger partial charge in [-0.15, -0.1) is 0 Å². The third-order valence-electron chi connectivity index (χ3n) is 6.51. The zero-order valence-corrected chi connectivity index (χ0v) is 19.3. The van der Waals surface area contributed by atoms with E-state index in [0.29, 0.717) is 5.92 Å². The number of carbonyl (C=O) groups excluding carboxylic acids is 1. The average molecular weight is 436 g/mol. The number of hydrogen-bond acceptors (Lipinski definition) is 5. The van der Waals surface area contributed by atoms with Gasteiger partial charge in [-0.2, -0.15) is 0 Å². The second-order valence-corrected chi connectivity index (χ2v) is 11.1. The smallest absolute Gasteiger partial charge is 0.235 e. The Bertz CT molecular complexity index is 796. The molecule has 2 aliphatic rings. The number of sulfone groups is 1. The van der Waals surface area contributed by atoms with Crippen molar-refractivity contribution in [3.63, 3.8) is 0 Å². The average Bonchev–Trinajstić information content (AvgIpc) is 2.72. The van der Waals surface area contributed by atoms with Crippen LogP contribution in [0.25, 0.3) is 0 Å². The number of piperazine rings is 1. The summed E-state index contributed by atoms with van der Waals surface area (Å²) in [6, 6.07) is 9.05. The van der Waals surface area contributed by atoms with E-state index in [0.717, 1.165) is 71.1 Å². The maximum Gasteiger partial charge on any atom is 0.235 e. The lowest BCUT2D eigenvalue weighted by atomic mass is 9.84. The van der Waals surface area contributed by atoms with Crippen molar-refractivity contribution in [1.82, 2.24) is 10.2 Å². The molecule has 3 rings (SSSR count). The van der Waals surface area contributed by atoms with Crippen LogP contribution in [0.5, 0.6) is 0 Å². The van der Waals surface area contributed by atoms with Crippen molar-refractivity contribution in [1.29, 1.82) is 0 Å². The summed E-state index contributed by atoms with van der Waals surface area (Å²) < 4.78 is 22.5. The molecule has 0 radical (unpaired) electrons. The molecule has 6 nitrogen and oxygen atoms in total. The third-order valence-corrected chi connectivity index (χ3v) is 7.30. The van der Waals surface area contributed by atoms with E-state index in [1.165, 1.54) is 17.7 Å². The van der Waals surface area contributed by atoms with Crippen LogP contribution in [0.2, 0.25) is 0 Å². The van der Waals surface area contributed by atoms with E-state index in [4.69, 9.17) is 0 Å². The van der Waals surface area contributed by atoms with E-state index >= 15 is 0 Å². The summed E-state index contributed by atoms with van der Waals surface area (Å²) in [6.07, 6.45) is 7.56. The minimum atomic E-state index is -3.25. The predicted octanol–water partition coefficient (Wildman–Crippen LogP) is 2.48. The van der Waals surface area contributed by atoms with Gasteiger partial charge in [0.15, 0.2) is 9.84 Å². The molecular formula is C23H37N3O3S. The van der Waals surface area contributed by atoms with Gasteiger partial charge in [-0.05, 0) is 68.7 Å². The Morgan fingerprint density at radius 3 is 2.43 bits per heavy atom. The van der Waals surface area contributed by atoms with Gasteiger partial charge >= 0.3 is 0 Å². The van der Waals surface area contributed by atoms with E-state index in [-0.39, 0.29) is 11.9 Å². The Hall–Kier alpha value is -1.60. The van der Waals surface area contributed by atoms with Gasteiger partial charge in [-0.3, -0.25) is 9.69 Å². The van der Waals surface area contributed by atoms with Crippen molar-refractivity contribution in [3.8, 4) is 0 Å². The van der Waals surface area contributed by atoms with Crippen molar-refractivity contribution in [3.05, 3.63) is 29.8 Å². The first kappa shape index (κ1) is 23.1. The Kier molecular flexibility index (Phi) is 8.17. The van der Waals surface area contributed by atoms with Gasteiger partial charge in [-0.25, -0.2) is 8.42 Å². The molecule has 1 aliphatic heterocycles. The second-order valence-electron chi connectivity index (χ2n) is 9.00. The van der Waals surface area contributed by atoms with Crippen LogP contribution in [-0.2, 0) is 21.1 Å². The second kappa shape index (κ2) is 10.6. The van der Waals surface area contributed by atoms with Gasteiger partial charge in [-0.1, -0.05) is 19.1 Å². The number of amides is 1. The highest BCUT2D eigenvalue weighted by Crippen LogP contribution is 2.27. The highest BCUT2D eigenvalue weighted by Gasteiger charge is 2.24. The van der Waals surface area contributed by atoms with Gasteiger partial charge in [0.1, 0.15) is 5.75 Å². The zero-order valence-electron chi connectivity index (χ0n) is 18.5. The topological polar surface area (TPSA) is 69.7 Å². The fourth-order valence-corrected chi connectivity index (χ4v) is 5.23. The van der Waals surface area contributed by atoms with Gasteiger partial charge in [0.2, 0.25) is 5.91 Å². The number of nitrogens with one attached hydrogen (secondary N) is 1. The van der Waals surface area contributed by atoms with Crippen molar-refractivity contribution >= 4 is 21.4 Å². The molecule has 1 aromatic carbocycles. The van der Waals surface area contributed by atoms with Crippen molar-refractivity contribution < 1.29 is 13.2 Å². The quantitative estimate of drug-likeness (QED) is 0.679. The lowest BCUT2D eigenvalue weighted by Gasteiger charge is -2.37. The molecule has 1 heterocycles. The first-order valence-corrected chi connectivity index (χ1v) is 13.4. The monoisotopic (exact) mass is 435 g/mol. The fourth-order valence-electron chi connectivity index (χ4n) is 4.67. The molecule has 30 heavy (non-hydrogen) atoms. The van der Waals surface area contributed by atoms with E-state index in [9.17, 15) is 13.2 Å². The highest BCUT2D eigenvalue weighted by atomic mass is 32.2. The summed E-state index contributed by atoms with van der Waals surface area (Å²) >= 11 is 0. The molecule has 168 valence electrons. The molecule has 1 aliphatic carbocycles. The van der Waals surface area contributed by atoms with Crippen molar-refractivity contribution in [2.45, 2.75) is 51.5 Å². The van der Waals surface area contributed by atoms with Gasteiger partial charge in [0.05, 0.1) is 0 Å². The van der Waals surface area contributed by atoms with Crippen LogP contribution in [-0.4, -0.2) is 70.0 Å². The van der Waals surface area contributed by atoms with Gasteiger partial charge in [0, 0.05) is 44.2 Å². The van der Waals surface area contributed by atoms with Crippen LogP contribution in [0.15, 0.2) is 24.3 Å². The Morgan fingerprint density at radius 1 is 1.10 bits per heavy atom. The normalized spacial score (nSPS) is 23.3. The molecule has 0 unspecified atom stereocenters. The maximum atomic E-state index is 11.8. The summed E-state index contributed by atoms with van der Waals surface area (Å²) in [5.74, 6) is -0.0441. The zero-order chi connectivity index (χ0) is 21.6. The Balaban J connectivity index is 1.33. The van der Waals surface area contributed by atoms with E-state index < -0.39 is 15.6 Å². The van der Waals surface area contributed by atoms with Crippen LogP contribution in [0.4, 0.5) is 5.69 Å². The summed E-state index contributed by atoms with van der Waals surface area (Å²) in [5.41, 5.74) is 2.75. The molecule has 0 bridgehead atoms. The van der Waals surface area contributed by atoms with Crippen LogP contribution >= 0.6 is 0 Å². The maximum absolute atomic E-state index is 11.8. The van der Waals surface area contributed by atoms with Crippen molar-refractivity contribution in [2.75, 3.05) is 49.6 Å². The molecule has 1 aromatic rings. The minimum absolute atomic E-state index is 0.137. The molecular weight excluding hydrogens is 398 g/mol. The van der Waals surface area contributed by atoms with Crippen LogP contribution in [0, 0.1) is 5.92 Å². The molecule has 1 saturated carbocycles. The molecule has 0 atom stereocenters. The summed E-state index contributed by atoms with van der Waals surface area (Å²) in [5, 5.41) is 2.90. The number of aryl methyl sites for hydroxylation is 1. The molecule has 7 heteroatoms. The molecule has 1 saturated heterocycles. The number of rotatable bonds is 8. The Morgan fingerprint density at radius 2 is 1.80 bits per heavy atom. The van der Waals surface area contributed by atoms with Crippen LogP contribution in [0.1, 0.15) is 44.6 Å². The van der Waals surface area contributed by atoms with Crippen LogP contribution in [0.3, 0.4) is 0 Å². The standard InChI is InChI=1S/C23H37N3O3S/c1-3-19-5-4-6-22(17-19)26-15-13-25(14-16-26)12-11-20-7-9-21(10-8-20)24-23(27)18-30(2,28)29/h4-6,17,20-21H,3,7-16,18H2,1-2H3,(H,24,27)/t20-,21-. The molecule has 0 aromatic heterocycles. The fraction of sp³-hybridized carbons (Fsp3) is 0.696. The van der Waals surface area contributed by atoms with E-state index in [1.807, 2.05) is 0 Å². The third kappa shape index (κ3) is 7.27. The highest BCUT2D eigenvalue weighted by molar-refractivity contribution is 7.91. The molecule has 0 spiro atoms.